The molecule has 3 rings (SSSR count). The molecule has 0 atom stereocenters. The van der Waals surface area contributed by atoms with Gasteiger partial charge in [-0.1, -0.05) is 30.3 Å². The highest BCUT2D eigenvalue weighted by molar-refractivity contribution is 7.89. The predicted octanol–water partition coefficient (Wildman–Crippen LogP) is 2.97. The van der Waals surface area contributed by atoms with Crippen LogP contribution in [0.5, 0.6) is 0 Å². The van der Waals surface area contributed by atoms with Crippen molar-refractivity contribution >= 4 is 16.0 Å². The maximum Gasteiger partial charge on any atom is 0.309 e. The van der Waals surface area contributed by atoms with Gasteiger partial charge in [0.1, 0.15) is 12.4 Å². The molecule has 0 spiro atoms. The van der Waals surface area contributed by atoms with Crippen LogP contribution in [0.3, 0.4) is 0 Å². The van der Waals surface area contributed by atoms with Gasteiger partial charge in [-0.2, -0.15) is 4.31 Å². The number of carbonyl (C=O) groups is 1. The van der Waals surface area contributed by atoms with Crippen LogP contribution in [-0.2, 0) is 26.2 Å². The molecular formula is C19H20FNO4S. The zero-order chi connectivity index (χ0) is 18.6. The van der Waals surface area contributed by atoms with Crippen molar-refractivity contribution in [2.24, 2.45) is 5.92 Å². The number of hydrogen-bond acceptors (Lipinski definition) is 4. The highest BCUT2D eigenvalue weighted by Crippen LogP contribution is 2.24. The molecule has 0 amide bonds. The van der Waals surface area contributed by atoms with Crippen LogP contribution in [0.25, 0.3) is 0 Å². The van der Waals surface area contributed by atoms with E-state index in [0.29, 0.717) is 18.4 Å². The van der Waals surface area contributed by atoms with Crippen LogP contribution < -0.4 is 0 Å². The van der Waals surface area contributed by atoms with Gasteiger partial charge in [-0.25, -0.2) is 12.8 Å². The molecule has 0 bridgehead atoms. The predicted molar refractivity (Wildman–Crippen MR) is 94.1 cm³/mol. The number of carbonyl (C=O) groups excluding carboxylic acids is 1. The normalized spacial score (nSPS) is 16.3. The summed E-state index contributed by atoms with van der Waals surface area (Å²) in [5, 5.41) is 0. The Bertz CT molecular complexity index is 862. The van der Waals surface area contributed by atoms with Crippen LogP contribution in [0.15, 0.2) is 59.5 Å². The molecule has 1 heterocycles. The Morgan fingerprint density at radius 3 is 2.42 bits per heavy atom. The van der Waals surface area contributed by atoms with Gasteiger partial charge in [-0.15, -0.1) is 0 Å². The van der Waals surface area contributed by atoms with Crippen molar-refractivity contribution in [1.29, 1.82) is 0 Å². The van der Waals surface area contributed by atoms with E-state index in [-0.39, 0.29) is 42.3 Å². The van der Waals surface area contributed by atoms with E-state index in [1.165, 1.54) is 16.4 Å². The first-order valence-corrected chi connectivity index (χ1v) is 9.87. The Morgan fingerprint density at radius 2 is 1.77 bits per heavy atom. The number of rotatable bonds is 5. The quantitative estimate of drug-likeness (QED) is 0.752. The van der Waals surface area contributed by atoms with Gasteiger partial charge in [0.05, 0.1) is 10.8 Å². The number of halogens is 1. The van der Waals surface area contributed by atoms with Gasteiger partial charge in [0.25, 0.3) is 0 Å². The molecule has 0 aromatic heterocycles. The fourth-order valence-corrected chi connectivity index (χ4v) is 4.46. The summed E-state index contributed by atoms with van der Waals surface area (Å²) in [5.41, 5.74) is 0.586. The molecule has 0 saturated carbocycles. The average Bonchev–Trinajstić information content (AvgIpc) is 2.67. The summed E-state index contributed by atoms with van der Waals surface area (Å²) in [5.74, 6) is -1.09. The average molecular weight is 377 g/mol. The fourth-order valence-electron chi connectivity index (χ4n) is 2.97. The zero-order valence-electron chi connectivity index (χ0n) is 14.2. The minimum atomic E-state index is -3.53. The Labute approximate surface area is 152 Å². The summed E-state index contributed by atoms with van der Waals surface area (Å²) in [4.78, 5) is 12.5. The summed E-state index contributed by atoms with van der Waals surface area (Å²) in [6.07, 6.45) is 0.822. The lowest BCUT2D eigenvalue weighted by Crippen LogP contribution is -2.40. The van der Waals surface area contributed by atoms with Gasteiger partial charge in [-0.05, 0) is 42.7 Å². The second-order valence-electron chi connectivity index (χ2n) is 6.23. The van der Waals surface area contributed by atoms with Gasteiger partial charge >= 0.3 is 5.97 Å². The Morgan fingerprint density at radius 1 is 1.08 bits per heavy atom. The van der Waals surface area contributed by atoms with Gasteiger partial charge in [0, 0.05) is 13.1 Å². The molecule has 1 aliphatic rings. The van der Waals surface area contributed by atoms with E-state index in [1.54, 1.807) is 42.5 Å². The van der Waals surface area contributed by atoms with Crippen molar-refractivity contribution in [2.45, 2.75) is 24.3 Å². The number of hydrogen-bond donors (Lipinski definition) is 0. The Hall–Kier alpha value is -2.25. The van der Waals surface area contributed by atoms with Crippen LogP contribution in [0.2, 0.25) is 0 Å². The fraction of sp³-hybridized carbons (Fsp3) is 0.316. The Kier molecular flexibility index (Phi) is 5.68. The third-order valence-electron chi connectivity index (χ3n) is 4.44. The van der Waals surface area contributed by atoms with Crippen LogP contribution in [0.4, 0.5) is 4.39 Å². The van der Waals surface area contributed by atoms with E-state index in [0.717, 1.165) is 0 Å². The molecule has 0 unspecified atom stereocenters. The largest absolute Gasteiger partial charge is 0.461 e. The Balaban J connectivity index is 1.54. The van der Waals surface area contributed by atoms with Gasteiger partial charge in [-0.3, -0.25) is 4.79 Å². The molecule has 2 aromatic rings. The van der Waals surface area contributed by atoms with Gasteiger partial charge in [0.2, 0.25) is 10.0 Å². The number of piperidine rings is 1. The first kappa shape index (κ1) is 18.5. The molecule has 0 N–H and O–H groups in total. The van der Waals surface area contributed by atoms with Crippen molar-refractivity contribution in [3.8, 4) is 0 Å². The molecule has 1 saturated heterocycles. The lowest BCUT2D eigenvalue weighted by molar-refractivity contribution is -0.151. The second kappa shape index (κ2) is 7.97. The number of nitrogens with zero attached hydrogens (tertiary/aromatic N) is 1. The van der Waals surface area contributed by atoms with Crippen LogP contribution in [0, 0.1) is 11.7 Å². The number of esters is 1. The van der Waals surface area contributed by atoms with Crippen LogP contribution in [0.1, 0.15) is 18.4 Å². The lowest BCUT2D eigenvalue weighted by Gasteiger charge is -2.30. The number of benzene rings is 2. The molecule has 2 aromatic carbocycles. The minimum Gasteiger partial charge on any atom is -0.461 e. The van der Waals surface area contributed by atoms with Crippen molar-refractivity contribution < 1.29 is 22.3 Å². The van der Waals surface area contributed by atoms with Gasteiger partial charge in [0.15, 0.2) is 0 Å². The maximum atomic E-state index is 13.1. The lowest BCUT2D eigenvalue weighted by atomic mass is 9.98. The van der Waals surface area contributed by atoms with Gasteiger partial charge < -0.3 is 4.74 Å². The minimum absolute atomic E-state index is 0.0130. The third kappa shape index (κ3) is 4.28. The molecule has 0 radical (unpaired) electrons. The standard InChI is InChI=1S/C19H20FNO4S/c20-17-6-4-5-15(13-17)14-25-19(22)16-9-11-21(12-10-16)26(23,24)18-7-2-1-3-8-18/h1-8,13,16H,9-12,14H2. The van der Waals surface area contributed by atoms with Crippen molar-refractivity contribution in [2.75, 3.05) is 13.1 Å². The van der Waals surface area contributed by atoms with E-state index in [9.17, 15) is 17.6 Å². The van der Waals surface area contributed by atoms with E-state index < -0.39 is 10.0 Å². The summed E-state index contributed by atoms with van der Waals surface area (Å²) in [6.45, 7) is 0.563. The number of ether oxygens (including phenoxy) is 1. The molecular weight excluding hydrogens is 357 g/mol. The highest BCUT2D eigenvalue weighted by Gasteiger charge is 2.32. The molecule has 26 heavy (non-hydrogen) atoms. The van der Waals surface area contributed by atoms with Crippen molar-refractivity contribution in [3.05, 3.63) is 66.0 Å². The van der Waals surface area contributed by atoms with Crippen LogP contribution >= 0.6 is 0 Å². The summed E-state index contributed by atoms with van der Waals surface area (Å²) in [6, 6.07) is 14.2. The van der Waals surface area contributed by atoms with E-state index in [1.807, 2.05) is 0 Å². The van der Waals surface area contributed by atoms with Crippen molar-refractivity contribution in [3.63, 3.8) is 0 Å². The molecule has 5 nitrogen and oxygen atoms in total. The maximum absolute atomic E-state index is 13.1. The molecule has 138 valence electrons. The molecule has 1 aliphatic heterocycles. The molecule has 0 aliphatic carbocycles. The van der Waals surface area contributed by atoms with E-state index in [4.69, 9.17) is 4.74 Å². The topological polar surface area (TPSA) is 63.7 Å². The number of sulfonamides is 1. The summed E-state index contributed by atoms with van der Waals surface area (Å²) < 4.78 is 45.0. The molecule has 1 fully saturated rings. The molecule has 7 heteroatoms. The summed E-state index contributed by atoms with van der Waals surface area (Å²) in [7, 11) is -3.53. The second-order valence-corrected chi connectivity index (χ2v) is 8.17. The van der Waals surface area contributed by atoms with E-state index >= 15 is 0 Å². The van der Waals surface area contributed by atoms with E-state index in [2.05, 4.69) is 0 Å². The van der Waals surface area contributed by atoms with Crippen LogP contribution in [-0.4, -0.2) is 31.8 Å². The third-order valence-corrected chi connectivity index (χ3v) is 6.35. The summed E-state index contributed by atoms with van der Waals surface area (Å²) >= 11 is 0. The first-order chi connectivity index (χ1) is 12.5. The zero-order valence-corrected chi connectivity index (χ0v) is 15.0. The van der Waals surface area contributed by atoms with Crippen molar-refractivity contribution in [1.82, 2.24) is 4.31 Å². The smallest absolute Gasteiger partial charge is 0.309 e. The first-order valence-electron chi connectivity index (χ1n) is 8.43. The SMILES string of the molecule is O=C(OCc1cccc(F)c1)C1CCN(S(=O)(=O)c2ccccc2)CC1. The highest BCUT2D eigenvalue weighted by atomic mass is 32.2. The monoisotopic (exact) mass is 377 g/mol.